The van der Waals surface area contributed by atoms with Crippen molar-refractivity contribution in [3.05, 3.63) is 33.4 Å². The van der Waals surface area contributed by atoms with Gasteiger partial charge in [0.05, 0.1) is 15.6 Å². The molecule has 2 aliphatic carbocycles. The lowest BCUT2D eigenvalue weighted by Crippen LogP contribution is -2.39. The summed E-state index contributed by atoms with van der Waals surface area (Å²) < 4.78 is 96.4. The maximum absolute atomic E-state index is 14.6. The first-order chi connectivity index (χ1) is 16.6. The summed E-state index contributed by atoms with van der Waals surface area (Å²) in [5.74, 6) is -6.57. The van der Waals surface area contributed by atoms with Crippen LogP contribution in [-0.2, 0) is 10.2 Å². The summed E-state index contributed by atoms with van der Waals surface area (Å²) in [4.78, 5) is 22.4. The number of hydrogen-bond acceptors (Lipinski definition) is 4. The molecule has 1 aromatic heterocycles. The molecule has 2 fully saturated rings. The Morgan fingerprint density at radius 1 is 1.22 bits per heavy atom. The highest BCUT2D eigenvalue weighted by Gasteiger charge is 2.78. The first kappa shape index (κ1) is 27.1. The van der Waals surface area contributed by atoms with E-state index >= 15 is 0 Å². The van der Waals surface area contributed by atoms with Crippen LogP contribution in [0.3, 0.4) is 0 Å². The number of primary amides is 1. The number of nitrogens with two attached hydrogens (primary N) is 1. The van der Waals surface area contributed by atoms with Crippen LogP contribution in [0.2, 0.25) is 10.0 Å². The normalized spacial score (nSPS) is 22.5. The van der Waals surface area contributed by atoms with E-state index < -0.39 is 77.7 Å². The monoisotopic (exact) mass is 595 g/mol. The molecule has 0 saturated heterocycles. The Labute approximate surface area is 213 Å². The van der Waals surface area contributed by atoms with Crippen LogP contribution in [0.25, 0.3) is 5.69 Å². The lowest BCUT2D eigenvalue weighted by Gasteiger charge is -2.40. The third-order valence-electron chi connectivity index (χ3n) is 6.07. The number of rotatable bonds is 7. The van der Waals surface area contributed by atoms with Crippen molar-refractivity contribution in [2.24, 2.45) is 11.7 Å². The summed E-state index contributed by atoms with van der Waals surface area (Å²) in [5.41, 5.74) is -0.289. The average molecular weight is 596 g/mol. The van der Waals surface area contributed by atoms with Gasteiger partial charge in [0.15, 0.2) is 5.69 Å². The van der Waals surface area contributed by atoms with Crippen LogP contribution in [0, 0.1) is 17.2 Å². The summed E-state index contributed by atoms with van der Waals surface area (Å²) in [7, 11) is -10.3. The van der Waals surface area contributed by atoms with E-state index in [9.17, 15) is 48.2 Å². The molecule has 1 aromatic carbocycles. The molecular formula is C19H14Cl2F7N5O3S. The third kappa shape index (κ3) is 4.42. The summed E-state index contributed by atoms with van der Waals surface area (Å²) in [6, 6.07) is 1.06. The van der Waals surface area contributed by atoms with Gasteiger partial charge in [0, 0.05) is 13.0 Å². The van der Waals surface area contributed by atoms with Crippen LogP contribution in [0.15, 0.2) is 17.0 Å². The predicted molar refractivity (Wildman–Crippen MR) is 118 cm³/mol. The lowest BCUT2D eigenvalue weighted by molar-refractivity contribution is -0.123. The summed E-state index contributed by atoms with van der Waals surface area (Å²) in [6.45, 7) is -0.349. The van der Waals surface area contributed by atoms with Crippen molar-refractivity contribution >= 4 is 51.2 Å². The Morgan fingerprint density at radius 3 is 2.08 bits per heavy atom. The topological polar surface area (TPSA) is 125 Å². The summed E-state index contributed by atoms with van der Waals surface area (Å²) >= 11 is 11.8. The van der Waals surface area contributed by atoms with Gasteiger partial charge >= 0.3 is 16.3 Å². The fourth-order valence-corrected chi connectivity index (χ4v) is 5.48. The number of nitrogens with zero attached hydrogens (tertiary/aromatic N) is 4. The minimum absolute atomic E-state index is 0.191. The average Bonchev–Trinajstić information content (AvgIpc) is 3.60. The Balaban J connectivity index is 2.09. The second kappa shape index (κ2) is 7.35. The molecule has 2 aliphatic rings. The van der Waals surface area contributed by atoms with Gasteiger partial charge in [-0.05, 0) is 30.9 Å². The van der Waals surface area contributed by atoms with Crippen molar-refractivity contribution in [3.8, 4) is 11.8 Å². The largest absolute Gasteiger partial charge is 0.465 e. The van der Waals surface area contributed by atoms with E-state index in [4.69, 9.17) is 28.9 Å². The van der Waals surface area contributed by atoms with E-state index in [1.807, 2.05) is 0 Å². The van der Waals surface area contributed by atoms with Gasteiger partial charge in [0.1, 0.15) is 27.9 Å². The number of carboxylic acid groups (broad SMARTS) is 1. The van der Waals surface area contributed by atoms with Gasteiger partial charge in [0.25, 0.3) is 5.92 Å². The van der Waals surface area contributed by atoms with Gasteiger partial charge in [-0.3, -0.25) is 9.69 Å². The van der Waals surface area contributed by atoms with Crippen molar-refractivity contribution in [3.63, 3.8) is 0 Å². The Kier molecular flexibility index (Phi) is 5.40. The summed E-state index contributed by atoms with van der Waals surface area (Å²) in [6.07, 6.45) is -1.91. The number of halogens is 9. The van der Waals surface area contributed by atoms with Crippen molar-refractivity contribution in [2.45, 2.75) is 35.5 Å². The lowest BCUT2D eigenvalue weighted by atomic mass is 9.93. The van der Waals surface area contributed by atoms with Crippen molar-refractivity contribution < 1.29 is 42.9 Å². The third-order valence-corrected chi connectivity index (χ3v) is 7.78. The van der Waals surface area contributed by atoms with Gasteiger partial charge in [0.2, 0.25) is 5.91 Å². The smallest absolute Gasteiger partial charge is 0.413 e. The number of anilines is 1. The number of aromatic nitrogens is 2. The van der Waals surface area contributed by atoms with Crippen LogP contribution in [0.4, 0.5) is 38.8 Å². The first-order valence-corrected chi connectivity index (χ1v) is 12.8. The fraction of sp³-hybridized carbons (Fsp3) is 0.368. The zero-order chi connectivity index (χ0) is 28.0. The maximum atomic E-state index is 14.6. The molecule has 1 unspecified atom stereocenters. The molecule has 3 N–H and O–H groups in total. The molecule has 37 heavy (non-hydrogen) atoms. The molecule has 0 spiro atoms. The number of hydrogen-bond donors (Lipinski definition) is 2. The molecule has 8 nitrogen and oxygen atoms in total. The SMILES string of the molecule is N#Cc1nn(-c2c(Cl)cc(S(F)(F)(F)(F)F)cc2Cl)c(N(CC2CC2)C(=O)O)c1C1(C(N)=O)CC1(F)F. The van der Waals surface area contributed by atoms with E-state index in [1.54, 1.807) is 0 Å². The molecular weight excluding hydrogens is 582 g/mol. The van der Waals surface area contributed by atoms with Gasteiger partial charge in [-0.2, -0.15) is 10.4 Å². The Bertz CT molecular complexity index is 1400. The Hall–Kier alpha value is -2.90. The van der Waals surface area contributed by atoms with Crippen molar-refractivity contribution in [1.82, 2.24) is 9.78 Å². The number of alkyl halides is 2. The number of nitriles is 1. The number of carbonyl (C=O) groups is 2. The van der Waals surface area contributed by atoms with Crippen LogP contribution in [-0.4, -0.2) is 39.4 Å². The van der Waals surface area contributed by atoms with E-state index in [1.165, 1.54) is 6.07 Å². The van der Waals surface area contributed by atoms with Crippen LogP contribution in [0.5, 0.6) is 0 Å². The second-order valence-electron chi connectivity index (χ2n) is 8.76. The molecule has 202 valence electrons. The molecule has 0 radical (unpaired) electrons. The van der Waals surface area contributed by atoms with Gasteiger partial charge < -0.3 is 10.8 Å². The standard InChI is InChI=1S/C19H14Cl2F7N5O3S/c20-10-3-9(37(24,25,26,27)28)4-11(21)14(10)33-15(32(17(35)36)6-8-1-2-8)13(12(5-29)31-33)18(16(30)34)7-19(18,22)23/h3-4,8H,1-2,6-7H2,(H2,30,34)(H,35,36). The van der Waals surface area contributed by atoms with E-state index in [2.05, 4.69) is 5.10 Å². The first-order valence-electron chi connectivity index (χ1n) is 10.1. The second-order valence-corrected chi connectivity index (χ2v) is 12.0. The number of carbonyl (C=O) groups excluding carboxylic acids is 1. The molecule has 18 heteroatoms. The van der Waals surface area contributed by atoms with Gasteiger partial charge in [-0.15, -0.1) is 0 Å². The van der Waals surface area contributed by atoms with E-state index in [0.717, 1.165) is 0 Å². The fourth-order valence-electron chi connectivity index (χ4n) is 4.02. The Morgan fingerprint density at radius 2 is 1.73 bits per heavy atom. The highest BCUT2D eigenvalue weighted by Crippen LogP contribution is 3.02. The quantitative estimate of drug-likeness (QED) is 0.360. The van der Waals surface area contributed by atoms with Gasteiger partial charge in [-0.1, -0.05) is 42.6 Å². The molecule has 2 amide bonds. The molecule has 2 saturated carbocycles. The highest BCUT2D eigenvalue weighted by atomic mass is 35.5. The van der Waals surface area contributed by atoms with E-state index in [0.29, 0.717) is 22.4 Å². The molecule has 1 atom stereocenters. The molecule has 2 aromatic rings. The molecule has 4 rings (SSSR count). The van der Waals surface area contributed by atoms with E-state index in [-0.39, 0.29) is 24.6 Å². The molecule has 0 aliphatic heterocycles. The molecule has 0 bridgehead atoms. The highest BCUT2D eigenvalue weighted by molar-refractivity contribution is 8.45. The van der Waals surface area contributed by atoms with Crippen molar-refractivity contribution in [1.29, 1.82) is 5.26 Å². The molecule has 1 heterocycles. The minimum atomic E-state index is -10.3. The summed E-state index contributed by atoms with van der Waals surface area (Å²) in [5, 5.41) is 21.0. The van der Waals surface area contributed by atoms with Gasteiger partial charge in [-0.25, -0.2) is 18.3 Å². The van der Waals surface area contributed by atoms with Crippen LogP contribution in [0.1, 0.15) is 30.5 Å². The van der Waals surface area contributed by atoms with Crippen LogP contribution < -0.4 is 10.6 Å². The predicted octanol–water partition coefficient (Wildman–Crippen LogP) is 6.36. The van der Waals surface area contributed by atoms with Crippen LogP contribution >= 0.6 is 33.4 Å². The zero-order valence-corrected chi connectivity index (χ0v) is 20.3. The number of amides is 2. The minimum Gasteiger partial charge on any atom is -0.465 e. The maximum Gasteiger partial charge on any atom is 0.413 e. The van der Waals surface area contributed by atoms with Crippen molar-refractivity contribution in [2.75, 3.05) is 11.4 Å². The number of benzene rings is 1. The zero-order valence-electron chi connectivity index (χ0n) is 18.0.